The van der Waals surface area contributed by atoms with Gasteiger partial charge in [0, 0.05) is 5.92 Å². The van der Waals surface area contributed by atoms with E-state index in [1.807, 2.05) is 0 Å². The molecule has 0 aromatic carbocycles. The van der Waals surface area contributed by atoms with Crippen molar-refractivity contribution in [2.24, 2.45) is 23.7 Å². The Morgan fingerprint density at radius 1 is 1.44 bits per heavy atom. The Morgan fingerprint density at radius 3 is 2.75 bits per heavy atom. The van der Waals surface area contributed by atoms with E-state index in [-0.39, 0.29) is 11.8 Å². The lowest BCUT2D eigenvalue weighted by Crippen LogP contribution is -2.40. The van der Waals surface area contributed by atoms with Gasteiger partial charge in [0.05, 0.1) is 6.54 Å². The molecule has 3 rings (SSSR count). The van der Waals surface area contributed by atoms with Gasteiger partial charge in [0.25, 0.3) is 0 Å². The van der Waals surface area contributed by atoms with Gasteiger partial charge in [-0.05, 0) is 24.2 Å². The lowest BCUT2D eigenvalue weighted by atomic mass is 9.83. The summed E-state index contributed by atoms with van der Waals surface area (Å²) in [6.07, 6.45) is 4.94. The van der Waals surface area contributed by atoms with Crippen LogP contribution in [0.25, 0.3) is 0 Å². The van der Waals surface area contributed by atoms with Gasteiger partial charge < -0.3 is 4.74 Å². The average Bonchev–Trinajstić information content (AvgIpc) is 2.92. The molecule has 86 valence electrons. The monoisotopic (exact) mass is 221 g/mol. The van der Waals surface area contributed by atoms with Crippen LogP contribution < -0.4 is 0 Å². The summed E-state index contributed by atoms with van der Waals surface area (Å²) in [6, 6.07) is 0. The number of carbonyl (C=O) groups excluding carboxylic acids is 2. The fourth-order valence-corrected chi connectivity index (χ4v) is 3.25. The SMILES string of the molecule is CC1C2C=CC(C2)[C@H]1C(=O)N1CCOC1=O. The highest BCUT2D eigenvalue weighted by molar-refractivity contribution is 5.94. The molecule has 0 aromatic rings. The first-order valence-electron chi connectivity index (χ1n) is 5.85. The van der Waals surface area contributed by atoms with E-state index < -0.39 is 6.09 Å². The van der Waals surface area contributed by atoms with Crippen LogP contribution >= 0.6 is 0 Å². The number of allylic oxidation sites excluding steroid dienone is 2. The maximum atomic E-state index is 12.2. The topological polar surface area (TPSA) is 46.6 Å². The summed E-state index contributed by atoms with van der Waals surface area (Å²) in [5.41, 5.74) is 0. The molecule has 1 aliphatic heterocycles. The molecule has 4 atom stereocenters. The fraction of sp³-hybridized carbons (Fsp3) is 0.667. The lowest BCUT2D eigenvalue weighted by molar-refractivity contribution is -0.134. The van der Waals surface area contributed by atoms with Gasteiger partial charge in [-0.1, -0.05) is 19.1 Å². The molecule has 4 heteroatoms. The molecule has 2 aliphatic carbocycles. The van der Waals surface area contributed by atoms with Crippen LogP contribution in [0.15, 0.2) is 12.2 Å². The first-order valence-corrected chi connectivity index (χ1v) is 5.85. The van der Waals surface area contributed by atoms with Crippen LogP contribution in [-0.4, -0.2) is 30.1 Å². The highest BCUT2D eigenvalue weighted by Gasteiger charge is 2.48. The molecular weight excluding hydrogens is 206 g/mol. The van der Waals surface area contributed by atoms with Gasteiger partial charge >= 0.3 is 6.09 Å². The Morgan fingerprint density at radius 2 is 2.19 bits per heavy atom. The normalized spacial score (nSPS) is 40.6. The van der Waals surface area contributed by atoms with Gasteiger partial charge in [-0.25, -0.2) is 9.69 Å². The van der Waals surface area contributed by atoms with Crippen LogP contribution in [0.1, 0.15) is 13.3 Å². The minimum atomic E-state index is -0.469. The van der Waals surface area contributed by atoms with Crippen molar-refractivity contribution >= 4 is 12.0 Å². The number of imide groups is 1. The van der Waals surface area contributed by atoms with Gasteiger partial charge in [-0.15, -0.1) is 0 Å². The van der Waals surface area contributed by atoms with Crippen molar-refractivity contribution in [3.8, 4) is 0 Å². The molecule has 2 bridgehead atoms. The Kier molecular flexibility index (Phi) is 2.06. The quantitative estimate of drug-likeness (QED) is 0.629. The van der Waals surface area contributed by atoms with Gasteiger partial charge in [-0.3, -0.25) is 4.79 Å². The molecule has 3 aliphatic rings. The number of rotatable bonds is 1. The van der Waals surface area contributed by atoms with Crippen LogP contribution in [0.5, 0.6) is 0 Å². The van der Waals surface area contributed by atoms with Crippen molar-refractivity contribution < 1.29 is 14.3 Å². The predicted octanol–water partition coefficient (Wildman–Crippen LogP) is 1.42. The van der Waals surface area contributed by atoms with Gasteiger partial charge in [0.1, 0.15) is 6.61 Å². The van der Waals surface area contributed by atoms with E-state index in [0.717, 1.165) is 6.42 Å². The zero-order valence-corrected chi connectivity index (χ0v) is 9.26. The summed E-state index contributed by atoms with van der Waals surface area (Å²) in [4.78, 5) is 24.9. The van der Waals surface area contributed by atoms with Gasteiger partial charge in [0.2, 0.25) is 5.91 Å². The standard InChI is InChI=1S/C12H15NO3/c1-7-8-2-3-9(6-8)10(7)11(14)13-4-5-16-12(13)15/h2-3,7-10H,4-6H2,1H3/t7?,8?,9?,10-/m0/s1. The van der Waals surface area contributed by atoms with E-state index >= 15 is 0 Å². The number of amides is 2. The molecule has 3 unspecified atom stereocenters. The smallest absolute Gasteiger partial charge is 0.416 e. The molecule has 0 aromatic heterocycles. The summed E-state index contributed by atoms with van der Waals surface area (Å²) in [6.45, 7) is 2.87. The first-order chi connectivity index (χ1) is 7.68. The van der Waals surface area contributed by atoms with Crippen molar-refractivity contribution in [1.29, 1.82) is 0 Å². The second-order valence-corrected chi connectivity index (χ2v) is 4.94. The third kappa shape index (κ3) is 1.22. The molecule has 2 amide bonds. The molecule has 0 N–H and O–H groups in total. The molecular formula is C12H15NO3. The van der Waals surface area contributed by atoms with Crippen molar-refractivity contribution in [3.63, 3.8) is 0 Å². The third-order valence-corrected chi connectivity index (χ3v) is 4.16. The van der Waals surface area contributed by atoms with E-state index in [1.165, 1.54) is 4.90 Å². The molecule has 1 saturated carbocycles. The molecule has 1 heterocycles. The zero-order valence-electron chi connectivity index (χ0n) is 9.26. The second kappa shape index (κ2) is 3.34. The van der Waals surface area contributed by atoms with E-state index in [9.17, 15) is 9.59 Å². The zero-order chi connectivity index (χ0) is 11.3. The summed E-state index contributed by atoms with van der Waals surface area (Å²) >= 11 is 0. The maximum Gasteiger partial charge on any atom is 0.416 e. The molecule has 2 fully saturated rings. The number of ether oxygens (including phenoxy) is 1. The van der Waals surface area contributed by atoms with Crippen molar-refractivity contribution in [3.05, 3.63) is 12.2 Å². The van der Waals surface area contributed by atoms with Crippen LogP contribution in [0.4, 0.5) is 4.79 Å². The van der Waals surface area contributed by atoms with Crippen LogP contribution in [0, 0.1) is 23.7 Å². The number of hydrogen-bond acceptors (Lipinski definition) is 3. The second-order valence-electron chi connectivity index (χ2n) is 4.94. The Bertz CT molecular complexity index is 376. The van der Waals surface area contributed by atoms with Gasteiger partial charge in [0.15, 0.2) is 0 Å². The largest absolute Gasteiger partial charge is 0.447 e. The number of nitrogens with zero attached hydrogens (tertiary/aromatic N) is 1. The van der Waals surface area contributed by atoms with Gasteiger partial charge in [-0.2, -0.15) is 0 Å². The van der Waals surface area contributed by atoms with E-state index in [4.69, 9.17) is 4.74 Å². The summed E-state index contributed by atoms with van der Waals surface area (Å²) < 4.78 is 4.81. The predicted molar refractivity (Wildman–Crippen MR) is 56.5 cm³/mol. The third-order valence-electron chi connectivity index (χ3n) is 4.16. The molecule has 0 spiro atoms. The van der Waals surface area contributed by atoms with Crippen molar-refractivity contribution in [2.45, 2.75) is 13.3 Å². The number of hydrogen-bond donors (Lipinski definition) is 0. The van der Waals surface area contributed by atoms with Crippen LogP contribution in [-0.2, 0) is 9.53 Å². The van der Waals surface area contributed by atoms with E-state index in [2.05, 4.69) is 19.1 Å². The minimum absolute atomic E-state index is 0.0133. The highest BCUT2D eigenvalue weighted by Crippen LogP contribution is 2.48. The van der Waals surface area contributed by atoms with Crippen molar-refractivity contribution in [1.82, 2.24) is 4.90 Å². The molecule has 0 radical (unpaired) electrons. The van der Waals surface area contributed by atoms with Crippen molar-refractivity contribution in [2.75, 3.05) is 13.2 Å². The lowest BCUT2D eigenvalue weighted by Gasteiger charge is -2.26. The summed E-state index contributed by atoms with van der Waals surface area (Å²) in [5, 5.41) is 0. The highest BCUT2D eigenvalue weighted by atomic mass is 16.6. The molecule has 16 heavy (non-hydrogen) atoms. The minimum Gasteiger partial charge on any atom is -0.447 e. The van der Waals surface area contributed by atoms with E-state index in [1.54, 1.807) is 0 Å². The number of fused-ring (bicyclic) bond motifs is 2. The maximum absolute atomic E-state index is 12.2. The average molecular weight is 221 g/mol. The summed E-state index contributed by atoms with van der Waals surface area (Å²) in [5.74, 6) is 1.17. The summed E-state index contributed by atoms with van der Waals surface area (Å²) in [7, 11) is 0. The number of carbonyl (C=O) groups is 2. The molecule has 4 nitrogen and oxygen atoms in total. The first kappa shape index (κ1) is 9.87. The Hall–Kier alpha value is -1.32. The number of cyclic esters (lactones) is 1. The Balaban J connectivity index is 1.81. The Labute approximate surface area is 94.2 Å². The van der Waals surface area contributed by atoms with E-state index in [0.29, 0.717) is 30.9 Å². The van der Waals surface area contributed by atoms with Crippen LogP contribution in [0.2, 0.25) is 0 Å². The fourth-order valence-electron chi connectivity index (χ4n) is 3.25. The van der Waals surface area contributed by atoms with Crippen LogP contribution in [0.3, 0.4) is 0 Å². The molecule has 1 saturated heterocycles.